The van der Waals surface area contributed by atoms with Crippen LogP contribution in [0.5, 0.6) is 0 Å². The van der Waals surface area contributed by atoms with Crippen LogP contribution in [0, 0.1) is 10.1 Å². The molecule has 0 radical (unpaired) electrons. The first-order valence-electron chi connectivity index (χ1n) is 8.06. The van der Waals surface area contributed by atoms with Crippen LogP contribution in [-0.2, 0) is 7.05 Å². The lowest BCUT2D eigenvalue weighted by molar-refractivity contribution is -0.504. The first-order chi connectivity index (χ1) is 12.6. The van der Waals surface area contributed by atoms with Crippen LogP contribution in [0.2, 0.25) is 0 Å². The molecule has 0 saturated carbocycles. The smallest absolute Gasteiger partial charge is 0.267 e. The number of rotatable bonds is 3. The van der Waals surface area contributed by atoms with E-state index in [0.29, 0.717) is 16.6 Å². The molecule has 2 atom stereocenters. The average molecular weight is 349 g/mol. The molecule has 8 nitrogen and oxygen atoms in total. The van der Waals surface area contributed by atoms with Gasteiger partial charge >= 0.3 is 0 Å². The Morgan fingerprint density at radius 3 is 2.38 bits per heavy atom. The van der Waals surface area contributed by atoms with E-state index >= 15 is 0 Å². The molecule has 0 unspecified atom stereocenters. The average Bonchev–Trinajstić information content (AvgIpc) is 3.10. The third-order valence-corrected chi connectivity index (χ3v) is 4.47. The van der Waals surface area contributed by atoms with Gasteiger partial charge in [0.05, 0.1) is 5.39 Å². The van der Waals surface area contributed by atoms with Crippen molar-refractivity contribution in [2.75, 3.05) is 5.01 Å². The molecule has 1 aliphatic heterocycles. The molecule has 0 N–H and O–H groups in total. The van der Waals surface area contributed by atoms with Gasteiger partial charge in [0.25, 0.3) is 11.6 Å². The lowest BCUT2D eigenvalue weighted by atomic mass is 10.0. The summed E-state index contributed by atoms with van der Waals surface area (Å²) in [5, 5.41) is 22.8. The number of nitrogens with zero attached hydrogens (tertiary/aromatic N) is 5. The highest BCUT2D eigenvalue weighted by Gasteiger charge is 2.42. The summed E-state index contributed by atoms with van der Waals surface area (Å²) in [7, 11) is 1.56. The number of hydrogen-bond acceptors (Lipinski definition) is 6. The van der Waals surface area contributed by atoms with Crippen molar-refractivity contribution in [3.05, 3.63) is 80.6 Å². The molecule has 2 heterocycles. The van der Waals surface area contributed by atoms with Gasteiger partial charge in [-0.05, 0) is 11.6 Å². The second-order valence-electron chi connectivity index (χ2n) is 6.04. The molecule has 4 rings (SSSR count). The summed E-state index contributed by atoms with van der Waals surface area (Å²) in [6.45, 7) is 0. The van der Waals surface area contributed by atoms with E-state index in [-0.39, 0.29) is 10.5 Å². The summed E-state index contributed by atoms with van der Waals surface area (Å²) in [6, 6.07) is 14.6. The van der Waals surface area contributed by atoms with Gasteiger partial charge in [0, 0.05) is 17.4 Å². The predicted octanol–water partition coefficient (Wildman–Crippen LogP) is 2.13. The maximum absolute atomic E-state index is 12.4. The lowest BCUT2D eigenvalue weighted by Gasteiger charge is -2.24. The van der Waals surface area contributed by atoms with Gasteiger partial charge in [-0.2, -0.15) is 5.10 Å². The van der Waals surface area contributed by atoms with Crippen LogP contribution in [0.4, 0.5) is 5.82 Å². The highest BCUT2D eigenvalue weighted by Crippen LogP contribution is 2.36. The van der Waals surface area contributed by atoms with Crippen molar-refractivity contribution in [3.63, 3.8) is 0 Å². The zero-order valence-electron chi connectivity index (χ0n) is 13.9. The van der Waals surface area contributed by atoms with Crippen LogP contribution in [-0.4, -0.2) is 27.0 Å². The molecular weight excluding hydrogens is 334 g/mol. The van der Waals surface area contributed by atoms with Crippen molar-refractivity contribution in [2.45, 2.75) is 12.1 Å². The summed E-state index contributed by atoms with van der Waals surface area (Å²) in [6.07, 6.45) is 1.32. The van der Waals surface area contributed by atoms with Crippen molar-refractivity contribution in [1.82, 2.24) is 9.78 Å². The minimum absolute atomic E-state index is 0.227. The Morgan fingerprint density at radius 2 is 1.69 bits per heavy atom. The molecule has 1 aliphatic rings. The zero-order valence-corrected chi connectivity index (χ0v) is 13.9. The molecule has 26 heavy (non-hydrogen) atoms. The lowest BCUT2D eigenvalue weighted by Crippen LogP contribution is -2.34. The van der Waals surface area contributed by atoms with E-state index < -0.39 is 12.1 Å². The number of benzene rings is 2. The fourth-order valence-electron chi connectivity index (χ4n) is 3.23. The molecule has 0 spiro atoms. The van der Waals surface area contributed by atoms with Crippen molar-refractivity contribution in [1.29, 1.82) is 0 Å². The summed E-state index contributed by atoms with van der Waals surface area (Å²) in [5.41, 5.74) is 0.529. The fraction of sp³-hybridized carbons (Fsp3) is 0.167. The molecule has 3 aromatic rings. The van der Waals surface area contributed by atoms with E-state index in [2.05, 4.69) is 10.2 Å². The van der Waals surface area contributed by atoms with Crippen LogP contribution in [0.25, 0.3) is 10.8 Å². The number of nitro groups is 1. The van der Waals surface area contributed by atoms with Gasteiger partial charge in [-0.25, -0.2) is 9.69 Å². The summed E-state index contributed by atoms with van der Waals surface area (Å²) >= 11 is 0. The summed E-state index contributed by atoms with van der Waals surface area (Å²) < 4.78 is 1.23. The second kappa shape index (κ2) is 6.07. The Labute approximate surface area is 148 Å². The van der Waals surface area contributed by atoms with E-state index in [1.807, 2.05) is 30.3 Å². The van der Waals surface area contributed by atoms with E-state index in [0.717, 1.165) is 5.56 Å². The van der Waals surface area contributed by atoms with Crippen LogP contribution in [0.3, 0.4) is 0 Å². The van der Waals surface area contributed by atoms with Crippen molar-refractivity contribution in [3.8, 4) is 0 Å². The van der Waals surface area contributed by atoms with Gasteiger partial charge in [0.15, 0.2) is 11.9 Å². The number of aryl methyl sites for hydroxylation is 1. The highest BCUT2D eigenvalue weighted by molar-refractivity contribution is 5.92. The number of hydrogen-bond donors (Lipinski definition) is 0. The molecule has 0 fully saturated rings. The van der Waals surface area contributed by atoms with Gasteiger partial charge in [-0.1, -0.05) is 48.5 Å². The number of hydrazone groups is 1. The van der Waals surface area contributed by atoms with E-state index in [1.54, 1.807) is 31.3 Å². The third-order valence-electron chi connectivity index (χ3n) is 4.47. The van der Waals surface area contributed by atoms with E-state index in [1.165, 1.54) is 15.9 Å². The van der Waals surface area contributed by atoms with Gasteiger partial charge in [0.1, 0.15) is 6.21 Å². The van der Waals surface area contributed by atoms with Crippen molar-refractivity contribution in [2.24, 2.45) is 12.1 Å². The first-order valence-corrected chi connectivity index (χ1v) is 8.06. The molecule has 1 aromatic heterocycles. The van der Waals surface area contributed by atoms with Gasteiger partial charge in [0.2, 0.25) is 0 Å². The molecule has 0 saturated heterocycles. The third kappa shape index (κ3) is 2.43. The molecule has 2 aromatic carbocycles. The van der Waals surface area contributed by atoms with Crippen LogP contribution in [0.15, 0.2) is 64.5 Å². The minimum Gasteiger partial charge on any atom is -0.267 e. The predicted molar refractivity (Wildman–Crippen MR) is 97.9 cm³/mol. The van der Waals surface area contributed by atoms with Crippen molar-refractivity contribution < 1.29 is 4.92 Å². The molecular formula is C18H15N5O3. The Balaban J connectivity index is 1.94. The Morgan fingerprint density at radius 1 is 1.04 bits per heavy atom. The maximum Gasteiger partial charge on any atom is 0.275 e. The van der Waals surface area contributed by atoms with Gasteiger partial charge in [-0.15, -0.1) is 5.10 Å². The normalized spacial score (nSPS) is 19.2. The highest BCUT2D eigenvalue weighted by atomic mass is 16.6. The first kappa shape index (κ1) is 15.9. The zero-order chi connectivity index (χ0) is 18.3. The fourth-order valence-corrected chi connectivity index (χ4v) is 3.23. The molecule has 0 amide bonds. The second-order valence-corrected chi connectivity index (χ2v) is 6.04. The Kier molecular flexibility index (Phi) is 3.72. The van der Waals surface area contributed by atoms with Crippen LogP contribution in [0.1, 0.15) is 11.6 Å². The Bertz CT molecular complexity index is 1080. The SMILES string of the molecule is Cn1nc(N2N=C[C@H]([N+](=O)[O-])[C@H]2c2ccccc2)c2ccccc2c1=O. The van der Waals surface area contributed by atoms with Gasteiger partial charge in [-0.3, -0.25) is 14.9 Å². The maximum atomic E-state index is 12.4. The standard InChI is InChI=1S/C18H15N5O3/c1-21-18(24)14-10-6-5-9-13(14)17(20-21)22-16(12-7-3-2-4-8-12)15(11-19-22)23(25)26/h2-11,15-16H,1H3/t15-,16+/m0/s1. The minimum atomic E-state index is -1.00. The molecule has 8 heteroatoms. The van der Waals surface area contributed by atoms with Crippen molar-refractivity contribution >= 4 is 22.8 Å². The quantitative estimate of drug-likeness (QED) is 0.533. The Hall–Kier alpha value is -3.55. The summed E-state index contributed by atoms with van der Waals surface area (Å²) in [4.78, 5) is 23.6. The molecule has 130 valence electrons. The van der Waals surface area contributed by atoms with Crippen LogP contribution >= 0.6 is 0 Å². The largest absolute Gasteiger partial charge is 0.275 e. The molecule has 0 aliphatic carbocycles. The topological polar surface area (TPSA) is 93.6 Å². The van der Waals surface area contributed by atoms with E-state index in [9.17, 15) is 14.9 Å². The number of aromatic nitrogens is 2. The van der Waals surface area contributed by atoms with Gasteiger partial charge < -0.3 is 0 Å². The number of anilines is 1. The monoisotopic (exact) mass is 349 g/mol. The number of fused-ring (bicyclic) bond motifs is 1. The van der Waals surface area contributed by atoms with Crippen LogP contribution < -0.4 is 10.6 Å². The van der Waals surface area contributed by atoms with E-state index in [4.69, 9.17) is 0 Å². The molecule has 0 bridgehead atoms. The summed E-state index contributed by atoms with van der Waals surface area (Å²) in [5.74, 6) is 0.414.